The smallest absolute Gasteiger partial charge is 0.358 e. The molecule has 26 heavy (non-hydrogen) atoms. The number of rotatable bonds is 3. The van der Waals surface area contributed by atoms with Crippen LogP contribution in [0.3, 0.4) is 0 Å². The summed E-state index contributed by atoms with van der Waals surface area (Å²) in [7, 11) is 3.53. The number of aliphatic imine (C=N–C) groups is 1. The highest BCUT2D eigenvalue weighted by Crippen LogP contribution is 2.25. The molecule has 3 rings (SSSR count). The van der Waals surface area contributed by atoms with E-state index < -0.39 is 11.9 Å². The van der Waals surface area contributed by atoms with Gasteiger partial charge in [-0.05, 0) is 30.3 Å². The molecule has 2 aromatic rings. The van der Waals surface area contributed by atoms with Gasteiger partial charge in [-0.25, -0.2) is 9.69 Å². The van der Waals surface area contributed by atoms with Gasteiger partial charge in [0.1, 0.15) is 11.3 Å². The van der Waals surface area contributed by atoms with Crippen LogP contribution in [0.15, 0.2) is 71.4 Å². The number of hydrogen-bond donors (Lipinski definition) is 0. The van der Waals surface area contributed by atoms with Crippen LogP contribution in [0.25, 0.3) is 0 Å². The van der Waals surface area contributed by atoms with Crippen LogP contribution in [0.1, 0.15) is 0 Å². The Labute approximate surface area is 156 Å². The second kappa shape index (κ2) is 7.41. The van der Waals surface area contributed by atoms with Crippen molar-refractivity contribution < 1.29 is 14.3 Å². The Morgan fingerprint density at radius 2 is 1.81 bits per heavy atom. The van der Waals surface area contributed by atoms with Crippen molar-refractivity contribution in [1.82, 2.24) is 4.90 Å². The largest absolute Gasteiger partial charge is 0.438 e. The fourth-order valence-electron chi connectivity index (χ4n) is 2.39. The fraction of sp³-hybridized carbons (Fsp3) is 0.105. The van der Waals surface area contributed by atoms with Crippen LogP contribution in [0.2, 0.25) is 5.02 Å². The van der Waals surface area contributed by atoms with Gasteiger partial charge in [-0.15, -0.1) is 0 Å². The van der Waals surface area contributed by atoms with Crippen molar-refractivity contribution in [1.29, 1.82) is 0 Å². The number of carbonyl (C=O) groups excluding carboxylic acids is 2. The Hall–Kier alpha value is -3.12. The van der Waals surface area contributed by atoms with Gasteiger partial charge in [0.05, 0.1) is 5.69 Å². The maximum absolute atomic E-state index is 13.0. The van der Waals surface area contributed by atoms with E-state index in [4.69, 9.17) is 16.3 Å². The molecule has 0 unspecified atom stereocenters. The van der Waals surface area contributed by atoms with Crippen molar-refractivity contribution in [2.75, 3.05) is 19.0 Å². The first-order valence-electron chi connectivity index (χ1n) is 7.80. The predicted molar refractivity (Wildman–Crippen MR) is 101 cm³/mol. The minimum atomic E-state index is -0.714. The normalized spacial score (nSPS) is 15.9. The number of halogens is 1. The quantitative estimate of drug-likeness (QED) is 0.773. The van der Waals surface area contributed by atoms with Crippen LogP contribution in [-0.2, 0) is 4.79 Å². The third-order valence-corrected chi connectivity index (χ3v) is 3.70. The summed E-state index contributed by atoms with van der Waals surface area (Å²) in [6.07, 6.45) is 1.56. The minimum absolute atomic E-state index is 0.0665. The second-order valence-electron chi connectivity index (χ2n) is 5.74. The third kappa shape index (κ3) is 3.75. The van der Waals surface area contributed by atoms with Gasteiger partial charge >= 0.3 is 6.03 Å². The van der Waals surface area contributed by atoms with Crippen LogP contribution in [0.4, 0.5) is 10.5 Å². The van der Waals surface area contributed by atoms with Crippen molar-refractivity contribution in [3.63, 3.8) is 0 Å². The first kappa shape index (κ1) is 17.7. The van der Waals surface area contributed by atoms with Crippen LogP contribution < -0.4 is 9.64 Å². The molecule has 132 valence electrons. The minimum Gasteiger partial charge on any atom is -0.438 e. The highest BCUT2D eigenvalue weighted by molar-refractivity contribution is 6.36. The van der Waals surface area contributed by atoms with Crippen molar-refractivity contribution >= 4 is 35.1 Å². The lowest BCUT2D eigenvalue weighted by Crippen LogP contribution is -2.44. The average Bonchev–Trinajstić information content (AvgIpc) is 2.59. The maximum Gasteiger partial charge on any atom is 0.358 e. The van der Waals surface area contributed by atoms with Gasteiger partial charge < -0.3 is 9.64 Å². The van der Waals surface area contributed by atoms with E-state index in [2.05, 4.69) is 4.99 Å². The zero-order valence-corrected chi connectivity index (χ0v) is 15.0. The summed E-state index contributed by atoms with van der Waals surface area (Å²) in [5.74, 6) is -0.195. The van der Waals surface area contributed by atoms with Crippen molar-refractivity contribution in [2.45, 2.75) is 0 Å². The molecular formula is C19H16ClN3O3. The average molecular weight is 370 g/mol. The van der Waals surface area contributed by atoms with Gasteiger partial charge in [-0.3, -0.25) is 4.79 Å². The molecule has 1 aliphatic rings. The molecule has 3 amide bonds. The van der Waals surface area contributed by atoms with E-state index in [1.54, 1.807) is 79.8 Å². The molecule has 1 heterocycles. The summed E-state index contributed by atoms with van der Waals surface area (Å²) >= 11 is 5.96. The number of para-hydroxylation sites is 1. The number of carbonyl (C=O) groups is 2. The van der Waals surface area contributed by atoms with Crippen LogP contribution >= 0.6 is 11.6 Å². The SMILES string of the molecule is CN(C)/C=C1\C(=O)N(c2ccccc2)C(=O)N=C1Oc1cccc(Cl)c1. The van der Waals surface area contributed by atoms with Crippen LogP contribution in [0.5, 0.6) is 5.75 Å². The molecule has 7 heteroatoms. The maximum atomic E-state index is 13.0. The molecule has 0 aliphatic carbocycles. The Morgan fingerprint density at radius 1 is 1.08 bits per heavy atom. The lowest BCUT2D eigenvalue weighted by Gasteiger charge is -2.25. The van der Waals surface area contributed by atoms with Crippen LogP contribution in [0, 0.1) is 0 Å². The highest BCUT2D eigenvalue weighted by atomic mass is 35.5. The summed E-state index contributed by atoms with van der Waals surface area (Å²) in [5.41, 5.74) is 0.608. The van der Waals surface area contributed by atoms with E-state index in [0.717, 1.165) is 4.90 Å². The van der Waals surface area contributed by atoms with Crippen molar-refractivity contribution in [3.05, 3.63) is 71.4 Å². The molecule has 0 radical (unpaired) electrons. The Balaban J connectivity index is 2.03. The summed E-state index contributed by atoms with van der Waals surface area (Å²) in [4.78, 5) is 32.1. The van der Waals surface area contributed by atoms with Gasteiger partial charge in [-0.2, -0.15) is 4.99 Å². The predicted octanol–water partition coefficient (Wildman–Crippen LogP) is 3.73. The van der Waals surface area contributed by atoms with Crippen molar-refractivity contribution in [3.8, 4) is 5.75 Å². The lowest BCUT2D eigenvalue weighted by atomic mass is 10.2. The van der Waals surface area contributed by atoms with E-state index in [1.165, 1.54) is 0 Å². The van der Waals surface area contributed by atoms with Crippen LogP contribution in [-0.4, -0.2) is 36.8 Å². The number of benzene rings is 2. The highest BCUT2D eigenvalue weighted by Gasteiger charge is 2.35. The molecule has 0 N–H and O–H groups in total. The topological polar surface area (TPSA) is 62.2 Å². The third-order valence-electron chi connectivity index (χ3n) is 3.46. The number of imide groups is 1. The second-order valence-corrected chi connectivity index (χ2v) is 6.18. The zero-order chi connectivity index (χ0) is 18.7. The first-order valence-corrected chi connectivity index (χ1v) is 8.17. The molecule has 6 nitrogen and oxygen atoms in total. The number of amides is 3. The van der Waals surface area contributed by atoms with E-state index in [0.29, 0.717) is 16.5 Å². The Kier molecular flexibility index (Phi) is 5.04. The zero-order valence-electron chi connectivity index (χ0n) is 14.2. The van der Waals surface area contributed by atoms with E-state index in [9.17, 15) is 9.59 Å². The number of anilines is 1. The summed E-state index contributed by atoms with van der Waals surface area (Å²) < 4.78 is 5.68. The van der Waals surface area contributed by atoms with E-state index in [-0.39, 0.29) is 11.5 Å². The molecule has 0 bridgehead atoms. The summed E-state index contributed by atoms with van der Waals surface area (Å²) in [6.45, 7) is 0. The molecule has 0 spiro atoms. The van der Waals surface area contributed by atoms with Gasteiger partial charge in [0.25, 0.3) is 5.91 Å². The Morgan fingerprint density at radius 3 is 2.46 bits per heavy atom. The van der Waals surface area contributed by atoms with E-state index >= 15 is 0 Å². The molecule has 0 aromatic heterocycles. The molecular weight excluding hydrogens is 354 g/mol. The monoisotopic (exact) mass is 369 g/mol. The Bertz CT molecular complexity index is 907. The van der Waals surface area contributed by atoms with Crippen molar-refractivity contribution in [2.24, 2.45) is 4.99 Å². The summed E-state index contributed by atoms with van der Waals surface area (Å²) in [5, 5.41) is 0.473. The molecule has 2 aromatic carbocycles. The van der Waals surface area contributed by atoms with Gasteiger partial charge in [0.2, 0.25) is 5.90 Å². The molecule has 1 aliphatic heterocycles. The standard InChI is InChI=1S/C19H16ClN3O3/c1-22(2)12-16-17(26-15-10-6-7-13(20)11-15)21-19(25)23(18(16)24)14-8-4-3-5-9-14/h3-12H,1-2H3/b16-12-. The molecule has 0 fully saturated rings. The number of urea groups is 1. The van der Waals surface area contributed by atoms with Gasteiger partial charge in [-0.1, -0.05) is 35.9 Å². The number of ether oxygens (including phenoxy) is 1. The number of hydrogen-bond acceptors (Lipinski definition) is 4. The first-order chi connectivity index (χ1) is 12.5. The fourth-order valence-corrected chi connectivity index (χ4v) is 2.57. The molecule has 0 saturated carbocycles. The number of nitrogens with zero attached hydrogens (tertiary/aromatic N) is 3. The van der Waals surface area contributed by atoms with E-state index in [1.807, 2.05) is 0 Å². The van der Waals surface area contributed by atoms with Gasteiger partial charge in [0.15, 0.2) is 0 Å². The van der Waals surface area contributed by atoms with Gasteiger partial charge in [0, 0.05) is 25.3 Å². The lowest BCUT2D eigenvalue weighted by molar-refractivity contribution is -0.114. The molecule has 0 saturated heterocycles. The molecule has 0 atom stereocenters. The summed E-state index contributed by atoms with van der Waals surface area (Å²) in [6, 6.07) is 14.6.